The van der Waals surface area contributed by atoms with Crippen LogP contribution < -0.4 is 10.9 Å². The molecule has 0 saturated carbocycles. The van der Waals surface area contributed by atoms with Gasteiger partial charge in [0.15, 0.2) is 6.04 Å². The number of aryl methyl sites for hydroxylation is 2. The van der Waals surface area contributed by atoms with Gasteiger partial charge < -0.3 is 10.1 Å². The van der Waals surface area contributed by atoms with Crippen LogP contribution in [0.4, 0.5) is 4.39 Å². The van der Waals surface area contributed by atoms with Crippen molar-refractivity contribution in [1.82, 2.24) is 15.1 Å². The maximum absolute atomic E-state index is 13.9. The maximum Gasteiger partial charge on any atom is 0.330 e. The van der Waals surface area contributed by atoms with Gasteiger partial charge in [-0.2, -0.15) is 5.10 Å². The minimum atomic E-state index is -0.713. The fourth-order valence-electron chi connectivity index (χ4n) is 3.58. The van der Waals surface area contributed by atoms with Gasteiger partial charge in [-0.3, -0.25) is 4.79 Å². The zero-order valence-corrected chi connectivity index (χ0v) is 19.0. The van der Waals surface area contributed by atoms with E-state index in [1.807, 2.05) is 13.8 Å². The van der Waals surface area contributed by atoms with Crippen LogP contribution in [0.3, 0.4) is 0 Å². The van der Waals surface area contributed by atoms with Crippen LogP contribution in [0.15, 0.2) is 46.8 Å². The van der Waals surface area contributed by atoms with Crippen molar-refractivity contribution in [2.45, 2.75) is 71.8 Å². The lowest BCUT2D eigenvalue weighted by Crippen LogP contribution is -2.35. The number of methoxy groups -OCH3 is 1. The third kappa shape index (κ3) is 7.49. The first-order valence-electron chi connectivity index (χ1n) is 11.0. The molecule has 0 spiro atoms. The third-order valence-electron chi connectivity index (χ3n) is 5.23. The van der Waals surface area contributed by atoms with Crippen molar-refractivity contribution in [2.24, 2.45) is 5.92 Å². The van der Waals surface area contributed by atoms with Crippen molar-refractivity contribution in [3.05, 3.63) is 63.6 Å². The molecule has 1 aromatic heterocycles. The summed E-state index contributed by atoms with van der Waals surface area (Å²) in [6.07, 6.45) is 12.3. The molecular formula is C24H34FN3O3. The molecule has 0 unspecified atom stereocenters. The van der Waals surface area contributed by atoms with Gasteiger partial charge in [0.1, 0.15) is 5.83 Å². The number of carbonyl (C=O) groups is 1. The standard InChI is InChI=1S/C24H34FN3O3/c1-17(2)15-22(24(30)31-4)28-23(29)18(3)16-19(27-28)11-7-5-6-8-13-21-20(25)12-9-10-14-26-21/h9-10,12,14,16-17,22,26H,5-8,11,13,15H2,1-4H3/t22-/m0/s1. The predicted octanol–water partition coefficient (Wildman–Crippen LogP) is 4.66. The number of allylic oxidation sites excluding steroid dienone is 5. The summed E-state index contributed by atoms with van der Waals surface area (Å²) in [4.78, 5) is 24.9. The highest BCUT2D eigenvalue weighted by atomic mass is 19.1. The summed E-state index contributed by atoms with van der Waals surface area (Å²) < 4.78 is 20.1. The molecule has 0 aromatic carbocycles. The summed E-state index contributed by atoms with van der Waals surface area (Å²) in [5, 5.41) is 7.47. The number of nitrogens with zero attached hydrogens (tertiary/aromatic N) is 2. The molecule has 1 aromatic rings. The SMILES string of the molecule is COC(=O)[C@H](CC(C)C)n1nc(CCCCCCC2=C(F)C=CC=CN2)cc(C)c1=O. The highest BCUT2D eigenvalue weighted by molar-refractivity contribution is 5.73. The van der Waals surface area contributed by atoms with Gasteiger partial charge in [0.2, 0.25) is 0 Å². The van der Waals surface area contributed by atoms with Crippen LogP contribution in [0.5, 0.6) is 0 Å². The second-order valence-electron chi connectivity index (χ2n) is 8.34. The third-order valence-corrected chi connectivity index (χ3v) is 5.23. The van der Waals surface area contributed by atoms with Crippen molar-refractivity contribution >= 4 is 5.97 Å². The van der Waals surface area contributed by atoms with Crippen LogP contribution in [-0.4, -0.2) is 22.9 Å². The molecule has 1 N–H and O–H groups in total. The Hall–Kier alpha value is -2.70. The lowest BCUT2D eigenvalue weighted by molar-refractivity contribution is -0.145. The zero-order chi connectivity index (χ0) is 22.8. The van der Waals surface area contributed by atoms with E-state index in [-0.39, 0.29) is 17.3 Å². The van der Waals surface area contributed by atoms with Crippen LogP contribution in [0.1, 0.15) is 69.7 Å². The van der Waals surface area contributed by atoms with Crippen molar-refractivity contribution in [1.29, 1.82) is 0 Å². The Kier molecular flexibility index (Phi) is 9.69. The van der Waals surface area contributed by atoms with Crippen LogP contribution in [0.25, 0.3) is 0 Å². The van der Waals surface area contributed by atoms with Gasteiger partial charge in [-0.15, -0.1) is 0 Å². The van der Waals surface area contributed by atoms with Crippen molar-refractivity contribution in [3.63, 3.8) is 0 Å². The summed E-state index contributed by atoms with van der Waals surface area (Å²) in [5.41, 5.74) is 1.73. The van der Waals surface area contributed by atoms with E-state index in [9.17, 15) is 14.0 Å². The van der Waals surface area contributed by atoms with Crippen molar-refractivity contribution in [2.75, 3.05) is 7.11 Å². The summed E-state index contributed by atoms with van der Waals surface area (Å²) in [6, 6.07) is 1.09. The van der Waals surface area contributed by atoms with Gasteiger partial charge >= 0.3 is 5.97 Å². The average molecular weight is 432 g/mol. The molecule has 170 valence electrons. The van der Waals surface area contributed by atoms with Gasteiger partial charge in [-0.25, -0.2) is 13.9 Å². The molecule has 6 nitrogen and oxygen atoms in total. The predicted molar refractivity (Wildman–Crippen MR) is 120 cm³/mol. The number of ether oxygens (including phenoxy) is 1. The highest BCUT2D eigenvalue weighted by Gasteiger charge is 2.25. The van der Waals surface area contributed by atoms with Crippen molar-refractivity contribution in [3.8, 4) is 0 Å². The molecule has 7 heteroatoms. The van der Waals surface area contributed by atoms with E-state index >= 15 is 0 Å². The summed E-state index contributed by atoms with van der Waals surface area (Å²) in [5.74, 6) is -0.442. The first-order chi connectivity index (χ1) is 14.8. The zero-order valence-electron chi connectivity index (χ0n) is 19.0. The van der Waals surface area contributed by atoms with E-state index in [1.54, 1.807) is 31.3 Å². The molecule has 0 amide bonds. The number of unbranched alkanes of at least 4 members (excludes halogenated alkanes) is 3. The topological polar surface area (TPSA) is 73.2 Å². The number of aromatic nitrogens is 2. The smallest absolute Gasteiger partial charge is 0.330 e. The molecule has 0 bridgehead atoms. The molecule has 0 fully saturated rings. The molecule has 1 atom stereocenters. The van der Waals surface area contributed by atoms with E-state index in [2.05, 4.69) is 10.4 Å². The Morgan fingerprint density at radius 2 is 1.90 bits per heavy atom. The Morgan fingerprint density at radius 1 is 1.19 bits per heavy atom. The van der Waals surface area contributed by atoms with Crippen LogP contribution in [0.2, 0.25) is 0 Å². The number of carbonyl (C=O) groups excluding carboxylic acids is 1. The number of hydrogen-bond acceptors (Lipinski definition) is 5. The lowest BCUT2D eigenvalue weighted by atomic mass is 10.0. The Bertz CT molecular complexity index is 900. The lowest BCUT2D eigenvalue weighted by Gasteiger charge is -2.19. The summed E-state index contributed by atoms with van der Waals surface area (Å²) >= 11 is 0. The van der Waals surface area contributed by atoms with E-state index in [4.69, 9.17) is 4.74 Å². The monoisotopic (exact) mass is 431 g/mol. The normalized spacial score (nSPS) is 14.5. The van der Waals surface area contributed by atoms with Gasteiger partial charge in [0.05, 0.1) is 18.5 Å². The van der Waals surface area contributed by atoms with E-state index in [1.165, 1.54) is 17.9 Å². The van der Waals surface area contributed by atoms with Gasteiger partial charge in [-0.05, 0) is 63.2 Å². The summed E-state index contributed by atoms with van der Waals surface area (Å²) in [6.45, 7) is 5.74. The van der Waals surface area contributed by atoms with Crippen LogP contribution >= 0.6 is 0 Å². The first-order valence-corrected chi connectivity index (χ1v) is 11.0. The van der Waals surface area contributed by atoms with Crippen LogP contribution in [-0.2, 0) is 16.0 Å². The second kappa shape index (κ2) is 12.2. The molecule has 0 aliphatic carbocycles. The Balaban J connectivity index is 1.93. The van der Waals surface area contributed by atoms with Gasteiger partial charge in [-0.1, -0.05) is 32.8 Å². The van der Waals surface area contributed by atoms with Gasteiger partial charge in [0.25, 0.3) is 5.56 Å². The first kappa shape index (κ1) is 24.6. The summed E-state index contributed by atoms with van der Waals surface area (Å²) in [7, 11) is 1.33. The number of nitrogens with one attached hydrogen (secondary N) is 1. The molecule has 2 rings (SSSR count). The maximum atomic E-state index is 13.9. The Labute approximate surface area is 183 Å². The largest absolute Gasteiger partial charge is 0.467 e. The Morgan fingerprint density at radius 3 is 2.58 bits per heavy atom. The molecule has 2 heterocycles. The number of rotatable bonds is 11. The second-order valence-corrected chi connectivity index (χ2v) is 8.34. The van der Waals surface area contributed by atoms with E-state index < -0.39 is 12.0 Å². The minimum absolute atomic E-state index is 0.214. The fraction of sp³-hybridized carbons (Fsp3) is 0.542. The minimum Gasteiger partial charge on any atom is -0.467 e. The number of hydrogen-bond donors (Lipinski definition) is 1. The molecule has 1 aliphatic heterocycles. The van der Waals surface area contributed by atoms with Crippen molar-refractivity contribution < 1.29 is 13.9 Å². The molecule has 0 saturated heterocycles. The molecular weight excluding hydrogens is 397 g/mol. The van der Waals surface area contributed by atoms with Crippen LogP contribution in [0, 0.1) is 12.8 Å². The number of halogens is 1. The number of esters is 1. The fourth-order valence-corrected chi connectivity index (χ4v) is 3.58. The molecule has 31 heavy (non-hydrogen) atoms. The molecule has 0 radical (unpaired) electrons. The van der Waals surface area contributed by atoms with E-state index in [0.717, 1.165) is 37.8 Å². The highest BCUT2D eigenvalue weighted by Crippen LogP contribution is 2.19. The van der Waals surface area contributed by atoms with E-state index in [0.29, 0.717) is 24.1 Å². The quantitative estimate of drug-likeness (QED) is 0.408. The average Bonchev–Trinajstić information content (AvgIpc) is 2.94. The van der Waals surface area contributed by atoms with Gasteiger partial charge in [0, 0.05) is 11.8 Å². The molecule has 1 aliphatic rings.